The maximum atomic E-state index is 4.73. The van der Waals surface area contributed by atoms with Gasteiger partial charge >= 0.3 is 0 Å². The van der Waals surface area contributed by atoms with Gasteiger partial charge in [0.25, 0.3) is 0 Å². The summed E-state index contributed by atoms with van der Waals surface area (Å²) in [5, 5.41) is 13.4. The van der Waals surface area contributed by atoms with E-state index in [4.69, 9.17) is 4.98 Å². The molecule has 27 heavy (non-hydrogen) atoms. The van der Waals surface area contributed by atoms with Gasteiger partial charge in [-0.2, -0.15) is 0 Å². The minimum Gasteiger partial charge on any atom is -0.315 e. The molecule has 3 aromatic rings. The number of nitrogens with zero attached hydrogens (tertiary/aromatic N) is 6. The maximum absolute atomic E-state index is 4.73. The lowest BCUT2D eigenvalue weighted by Crippen LogP contribution is -2.24. The molecule has 3 aromatic heterocycles. The summed E-state index contributed by atoms with van der Waals surface area (Å²) in [6, 6.07) is 6.46. The Hall–Kier alpha value is -2.45. The highest BCUT2D eigenvalue weighted by molar-refractivity contribution is 7.15. The third-order valence-corrected chi connectivity index (χ3v) is 5.66. The number of hydrogen-bond acceptors (Lipinski definition) is 8. The zero-order chi connectivity index (χ0) is 18.6. The zero-order valence-corrected chi connectivity index (χ0v) is 16.4. The number of rotatable bonds is 6. The molecule has 0 amide bonds. The van der Waals surface area contributed by atoms with Crippen molar-refractivity contribution in [3.05, 3.63) is 52.7 Å². The zero-order valence-electron chi connectivity index (χ0n) is 15.6. The summed E-state index contributed by atoms with van der Waals surface area (Å²) in [5.74, 6) is 1.55. The first kappa shape index (κ1) is 17.9. The van der Waals surface area contributed by atoms with Gasteiger partial charge in [0, 0.05) is 25.0 Å². The minimum atomic E-state index is 0.299. The Bertz CT molecular complexity index is 896. The normalized spacial score (nSPS) is 17.3. The first-order valence-electron chi connectivity index (χ1n) is 9.29. The molecule has 1 aliphatic rings. The molecule has 0 aromatic carbocycles. The number of nitrogens with one attached hydrogen (secondary N) is 1. The molecule has 4 heterocycles. The van der Waals surface area contributed by atoms with Crippen molar-refractivity contribution in [3.63, 3.8) is 0 Å². The van der Waals surface area contributed by atoms with E-state index in [2.05, 4.69) is 43.4 Å². The Morgan fingerprint density at radius 1 is 1.30 bits per heavy atom. The van der Waals surface area contributed by atoms with Crippen LogP contribution in [0, 0.1) is 6.92 Å². The smallest absolute Gasteiger partial charge is 0.211 e. The number of aryl methyl sites for hydroxylation is 2. The number of pyridine rings is 1. The average Bonchev–Trinajstić information content (AvgIpc) is 3.31. The van der Waals surface area contributed by atoms with Gasteiger partial charge in [0.05, 0.1) is 11.7 Å². The summed E-state index contributed by atoms with van der Waals surface area (Å²) in [6.07, 6.45) is 6.92. The van der Waals surface area contributed by atoms with E-state index in [9.17, 15) is 0 Å². The van der Waals surface area contributed by atoms with Gasteiger partial charge in [-0.1, -0.05) is 24.3 Å². The largest absolute Gasteiger partial charge is 0.315 e. The molecule has 0 bridgehead atoms. The molecule has 140 valence electrons. The van der Waals surface area contributed by atoms with E-state index < -0.39 is 0 Å². The molecule has 1 saturated heterocycles. The standard InChI is InChI=1S/C19H23N7S/c1-3-18-24-25-19(27-18)23-17-10-15(21-13(2)22-17)16-7-5-9-26(16)12-14-6-4-8-20-11-14/h4,6,8,10-11,16H,3,5,7,9,12H2,1-2H3,(H,21,22,23,25)/t16-/m1/s1. The van der Waals surface area contributed by atoms with Crippen LogP contribution in [-0.4, -0.2) is 36.6 Å². The van der Waals surface area contributed by atoms with Crippen LogP contribution in [0.2, 0.25) is 0 Å². The third kappa shape index (κ3) is 4.28. The van der Waals surface area contributed by atoms with E-state index in [0.717, 1.165) is 53.4 Å². The second-order valence-electron chi connectivity index (χ2n) is 6.69. The van der Waals surface area contributed by atoms with Crippen LogP contribution in [0.3, 0.4) is 0 Å². The molecule has 0 radical (unpaired) electrons. The van der Waals surface area contributed by atoms with Crippen molar-refractivity contribution in [2.45, 2.75) is 45.7 Å². The number of aromatic nitrogens is 5. The van der Waals surface area contributed by atoms with Crippen LogP contribution in [0.15, 0.2) is 30.6 Å². The fourth-order valence-corrected chi connectivity index (χ4v) is 4.14. The first-order chi connectivity index (χ1) is 13.2. The molecule has 4 rings (SSSR count). The van der Waals surface area contributed by atoms with Crippen molar-refractivity contribution in [1.29, 1.82) is 0 Å². The molecule has 1 fully saturated rings. The van der Waals surface area contributed by atoms with E-state index in [1.165, 1.54) is 12.0 Å². The first-order valence-corrected chi connectivity index (χ1v) is 10.1. The quantitative estimate of drug-likeness (QED) is 0.698. The monoisotopic (exact) mass is 381 g/mol. The third-order valence-electron chi connectivity index (χ3n) is 4.68. The van der Waals surface area contributed by atoms with Gasteiger partial charge in [0.2, 0.25) is 5.13 Å². The molecule has 8 heteroatoms. The summed E-state index contributed by atoms with van der Waals surface area (Å²) >= 11 is 1.56. The average molecular weight is 382 g/mol. The van der Waals surface area contributed by atoms with Crippen molar-refractivity contribution >= 4 is 22.3 Å². The van der Waals surface area contributed by atoms with Crippen molar-refractivity contribution < 1.29 is 0 Å². The summed E-state index contributed by atoms with van der Waals surface area (Å²) < 4.78 is 0. The van der Waals surface area contributed by atoms with Gasteiger partial charge in [-0.25, -0.2) is 9.97 Å². The second-order valence-corrected chi connectivity index (χ2v) is 7.76. The van der Waals surface area contributed by atoms with E-state index >= 15 is 0 Å². The van der Waals surface area contributed by atoms with Gasteiger partial charge < -0.3 is 5.32 Å². The Kier molecular flexibility index (Phi) is 5.35. The lowest BCUT2D eigenvalue weighted by Gasteiger charge is -2.24. The second kappa shape index (κ2) is 8.06. The van der Waals surface area contributed by atoms with Crippen LogP contribution < -0.4 is 5.32 Å². The van der Waals surface area contributed by atoms with Gasteiger partial charge in [-0.3, -0.25) is 9.88 Å². The maximum Gasteiger partial charge on any atom is 0.211 e. The molecule has 1 atom stereocenters. The summed E-state index contributed by atoms with van der Waals surface area (Å²) in [7, 11) is 0. The van der Waals surface area contributed by atoms with E-state index in [1.54, 1.807) is 11.3 Å². The van der Waals surface area contributed by atoms with Crippen LogP contribution in [0.5, 0.6) is 0 Å². The molecular weight excluding hydrogens is 358 g/mol. The number of anilines is 2. The molecule has 0 saturated carbocycles. The van der Waals surface area contributed by atoms with Crippen LogP contribution in [-0.2, 0) is 13.0 Å². The highest BCUT2D eigenvalue weighted by Gasteiger charge is 2.28. The van der Waals surface area contributed by atoms with Crippen molar-refractivity contribution in [1.82, 2.24) is 30.0 Å². The Balaban J connectivity index is 1.54. The summed E-state index contributed by atoms with van der Waals surface area (Å²) in [6.45, 7) is 5.98. The fraction of sp³-hybridized carbons (Fsp3) is 0.421. The molecule has 1 aliphatic heterocycles. The van der Waals surface area contributed by atoms with E-state index in [-0.39, 0.29) is 0 Å². The number of likely N-dealkylation sites (tertiary alicyclic amines) is 1. The van der Waals surface area contributed by atoms with Gasteiger partial charge in [0.15, 0.2) is 0 Å². The van der Waals surface area contributed by atoms with Crippen LogP contribution in [0.1, 0.15) is 47.9 Å². The summed E-state index contributed by atoms with van der Waals surface area (Å²) in [5.41, 5.74) is 2.29. The molecule has 0 spiro atoms. The van der Waals surface area contributed by atoms with Gasteiger partial charge in [0.1, 0.15) is 16.6 Å². The molecular formula is C19H23N7S. The molecule has 0 aliphatic carbocycles. The molecule has 0 unspecified atom stereocenters. The predicted octanol–water partition coefficient (Wildman–Crippen LogP) is 3.67. The van der Waals surface area contributed by atoms with Crippen molar-refractivity contribution in [3.8, 4) is 0 Å². The Labute approximate surface area is 162 Å². The predicted molar refractivity (Wildman–Crippen MR) is 106 cm³/mol. The highest BCUT2D eigenvalue weighted by Crippen LogP contribution is 2.33. The Morgan fingerprint density at radius 2 is 2.22 bits per heavy atom. The van der Waals surface area contributed by atoms with E-state index in [0.29, 0.717) is 6.04 Å². The topological polar surface area (TPSA) is 79.7 Å². The SMILES string of the molecule is CCc1nnc(Nc2cc([C@H]3CCCN3Cc3cccnc3)nc(C)n2)s1. The lowest BCUT2D eigenvalue weighted by atomic mass is 10.1. The van der Waals surface area contributed by atoms with Gasteiger partial charge in [-0.05, 0) is 44.4 Å². The van der Waals surface area contributed by atoms with Crippen LogP contribution in [0.4, 0.5) is 10.9 Å². The van der Waals surface area contributed by atoms with Crippen molar-refractivity contribution in [2.24, 2.45) is 0 Å². The highest BCUT2D eigenvalue weighted by atomic mass is 32.1. The number of hydrogen-bond donors (Lipinski definition) is 1. The molecule has 1 N–H and O–H groups in total. The van der Waals surface area contributed by atoms with E-state index in [1.807, 2.05) is 31.5 Å². The van der Waals surface area contributed by atoms with Crippen LogP contribution >= 0.6 is 11.3 Å². The van der Waals surface area contributed by atoms with Crippen molar-refractivity contribution in [2.75, 3.05) is 11.9 Å². The lowest BCUT2D eigenvalue weighted by molar-refractivity contribution is 0.244. The molecule has 7 nitrogen and oxygen atoms in total. The fourth-order valence-electron chi connectivity index (χ4n) is 3.46. The minimum absolute atomic E-state index is 0.299. The van der Waals surface area contributed by atoms with Gasteiger partial charge in [-0.15, -0.1) is 10.2 Å². The summed E-state index contributed by atoms with van der Waals surface area (Å²) in [4.78, 5) is 16.0. The van der Waals surface area contributed by atoms with Crippen LogP contribution in [0.25, 0.3) is 0 Å². The Morgan fingerprint density at radius 3 is 3.00 bits per heavy atom.